The van der Waals surface area contributed by atoms with E-state index in [1.54, 1.807) is 0 Å². The van der Waals surface area contributed by atoms with Gasteiger partial charge in [0.2, 0.25) is 0 Å². The Bertz CT molecular complexity index is 381. The minimum Gasteiger partial charge on any atom is -0.330 e. The van der Waals surface area contributed by atoms with Crippen molar-refractivity contribution in [2.75, 3.05) is 6.54 Å². The van der Waals surface area contributed by atoms with E-state index in [1.807, 2.05) is 0 Å². The predicted octanol–water partition coefficient (Wildman–Crippen LogP) is 3.31. The van der Waals surface area contributed by atoms with Crippen LogP contribution in [0.15, 0.2) is 24.3 Å². The van der Waals surface area contributed by atoms with E-state index in [-0.39, 0.29) is 0 Å². The number of rotatable bonds is 2. The highest BCUT2D eigenvalue weighted by Gasteiger charge is 2.44. The van der Waals surface area contributed by atoms with Crippen LogP contribution in [-0.2, 0) is 6.18 Å². The fourth-order valence-electron chi connectivity index (χ4n) is 1.50. The van der Waals surface area contributed by atoms with Gasteiger partial charge in [-0.15, -0.1) is 0 Å². The number of nitrogens with two attached hydrogens (primary N) is 1. The van der Waals surface area contributed by atoms with Crippen molar-refractivity contribution in [1.82, 2.24) is 0 Å². The maximum absolute atomic E-state index is 12.5. The van der Waals surface area contributed by atoms with E-state index < -0.39 is 35.9 Å². The van der Waals surface area contributed by atoms with Crippen molar-refractivity contribution in [3.8, 4) is 0 Å². The minimum atomic E-state index is -4.82. The summed E-state index contributed by atoms with van der Waals surface area (Å²) in [6, 6.07) is 3.58. The Morgan fingerprint density at radius 3 is 1.94 bits per heavy atom. The van der Waals surface area contributed by atoms with Crippen molar-refractivity contribution in [2.24, 2.45) is 5.73 Å². The summed E-state index contributed by atoms with van der Waals surface area (Å²) < 4.78 is 75.2. The van der Waals surface area contributed by atoms with Crippen molar-refractivity contribution in [2.45, 2.75) is 18.3 Å². The van der Waals surface area contributed by atoms with E-state index in [0.29, 0.717) is 6.07 Å². The highest BCUT2D eigenvalue weighted by atomic mass is 19.4. The molecule has 0 saturated heterocycles. The second-order valence-corrected chi connectivity index (χ2v) is 3.41. The van der Waals surface area contributed by atoms with Gasteiger partial charge in [0.05, 0.1) is 11.5 Å². The Morgan fingerprint density at radius 1 is 1.00 bits per heavy atom. The predicted molar refractivity (Wildman–Crippen MR) is 49.3 cm³/mol. The van der Waals surface area contributed by atoms with Gasteiger partial charge in [0, 0.05) is 6.54 Å². The van der Waals surface area contributed by atoms with E-state index in [0.717, 1.165) is 18.2 Å². The van der Waals surface area contributed by atoms with Crippen LogP contribution in [0.3, 0.4) is 0 Å². The van der Waals surface area contributed by atoms with Gasteiger partial charge in [-0.1, -0.05) is 18.2 Å². The molecule has 0 aliphatic rings. The Kier molecular flexibility index (Phi) is 3.71. The largest absolute Gasteiger partial charge is 0.416 e. The molecule has 0 aliphatic heterocycles. The average molecular weight is 257 g/mol. The standard InChI is InChI=1S/C10H9F6N/c11-9(12,13)7-4-2-1-3-6(7)8(5-17)10(14,15)16/h1-4,8H,5,17H2. The van der Waals surface area contributed by atoms with Crippen LogP contribution in [0.4, 0.5) is 26.3 Å². The molecule has 1 aromatic carbocycles. The number of benzene rings is 1. The second-order valence-electron chi connectivity index (χ2n) is 3.41. The lowest BCUT2D eigenvalue weighted by molar-refractivity contribution is -0.154. The number of alkyl halides is 6. The Balaban J connectivity index is 3.30. The van der Waals surface area contributed by atoms with Gasteiger partial charge in [0.15, 0.2) is 0 Å². The highest BCUT2D eigenvalue weighted by molar-refractivity contribution is 5.34. The topological polar surface area (TPSA) is 26.0 Å². The molecule has 2 N–H and O–H groups in total. The normalized spacial score (nSPS) is 14.8. The maximum atomic E-state index is 12.5. The van der Waals surface area contributed by atoms with Crippen LogP contribution < -0.4 is 5.73 Å². The van der Waals surface area contributed by atoms with Crippen molar-refractivity contribution < 1.29 is 26.3 Å². The molecule has 1 rings (SSSR count). The first kappa shape index (κ1) is 13.8. The van der Waals surface area contributed by atoms with Gasteiger partial charge in [-0.3, -0.25) is 0 Å². The third-order valence-electron chi connectivity index (χ3n) is 2.27. The van der Waals surface area contributed by atoms with Gasteiger partial charge >= 0.3 is 12.4 Å². The quantitative estimate of drug-likeness (QED) is 0.808. The first-order chi connectivity index (χ1) is 7.68. The zero-order valence-corrected chi connectivity index (χ0v) is 8.44. The molecule has 0 radical (unpaired) electrons. The molecule has 0 heterocycles. The third-order valence-corrected chi connectivity index (χ3v) is 2.27. The average Bonchev–Trinajstić information content (AvgIpc) is 2.15. The van der Waals surface area contributed by atoms with Crippen LogP contribution >= 0.6 is 0 Å². The fourth-order valence-corrected chi connectivity index (χ4v) is 1.50. The molecule has 1 aromatic rings. The number of halogens is 6. The van der Waals surface area contributed by atoms with Crippen molar-refractivity contribution >= 4 is 0 Å². The third kappa shape index (κ3) is 3.12. The Morgan fingerprint density at radius 2 is 1.53 bits per heavy atom. The van der Waals surface area contributed by atoms with E-state index in [9.17, 15) is 26.3 Å². The molecule has 0 aromatic heterocycles. The molecule has 1 atom stereocenters. The van der Waals surface area contributed by atoms with E-state index in [1.165, 1.54) is 0 Å². The molecule has 96 valence electrons. The van der Waals surface area contributed by atoms with Crippen molar-refractivity contribution in [3.63, 3.8) is 0 Å². The Labute approximate surface area is 93.2 Å². The first-order valence-corrected chi connectivity index (χ1v) is 4.61. The van der Waals surface area contributed by atoms with Crippen molar-refractivity contribution in [3.05, 3.63) is 35.4 Å². The van der Waals surface area contributed by atoms with Crippen LogP contribution in [0.2, 0.25) is 0 Å². The zero-order chi connectivity index (χ0) is 13.3. The van der Waals surface area contributed by atoms with Gasteiger partial charge < -0.3 is 5.73 Å². The van der Waals surface area contributed by atoms with Gasteiger partial charge in [0.25, 0.3) is 0 Å². The molecule has 17 heavy (non-hydrogen) atoms. The highest BCUT2D eigenvalue weighted by Crippen LogP contribution is 2.40. The summed E-state index contributed by atoms with van der Waals surface area (Å²) in [5.74, 6) is -2.31. The summed E-state index contributed by atoms with van der Waals surface area (Å²) in [5.41, 5.74) is 2.78. The summed E-state index contributed by atoms with van der Waals surface area (Å²) >= 11 is 0. The molecule has 0 fully saturated rings. The molecular formula is C10H9F6N. The van der Waals surface area contributed by atoms with Crippen LogP contribution in [0.5, 0.6) is 0 Å². The molecule has 0 saturated carbocycles. The van der Waals surface area contributed by atoms with Crippen molar-refractivity contribution in [1.29, 1.82) is 0 Å². The van der Waals surface area contributed by atoms with E-state index in [4.69, 9.17) is 5.73 Å². The van der Waals surface area contributed by atoms with Gasteiger partial charge in [-0.25, -0.2) is 0 Å². The smallest absolute Gasteiger partial charge is 0.330 e. The molecule has 1 nitrogen and oxygen atoms in total. The van der Waals surface area contributed by atoms with Gasteiger partial charge in [-0.05, 0) is 11.6 Å². The molecule has 7 heteroatoms. The SMILES string of the molecule is NCC(c1ccccc1C(F)(F)F)C(F)(F)F. The summed E-state index contributed by atoms with van der Waals surface area (Å²) in [6.45, 7) is -0.920. The molecule has 1 unspecified atom stereocenters. The van der Waals surface area contributed by atoms with Crippen LogP contribution in [0, 0.1) is 0 Å². The van der Waals surface area contributed by atoms with Crippen LogP contribution in [-0.4, -0.2) is 12.7 Å². The summed E-state index contributed by atoms with van der Waals surface area (Å²) in [6.07, 6.45) is -9.62. The van der Waals surface area contributed by atoms with Crippen LogP contribution in [0.1, 0.15) is 17.0 Å². The lowest BCUT2D eigenvalue weighted by Gasteiger charge is -2.22. The minimum absolute atomic E-state index is 0.615. The number of hydrogen-bond acceptors (Lipinski definition) is 1. The molecule has 0 amide bonds. The summed E-state index contributed by atoms with van der Waals surface area (Å²) in [7, 11) is 0. The summed E-state index contributed by atoms with van der Waals surface area (Å²) in [4.78, 5) is 0. The van der Waals surface area contributed by atoms with Crippen LogP contribution in [0.25, 0.3) is 0 Å². The summed E-state index contributed by atoms with van der Waals surface area (Å²) in [5, 5.41) is 0. The number of hydrogen-bond donors (Lipinski definition) is 1. The first-order valence-electron chi connectivity index (χ1n) is 4.61. The van der Waals surface area contributed by atoms with E-state index >= 15 is 0 Å². The Hall–Kier alpha value is -1.24. The zero-order valence-electron chi connectivity index (χ0n) is 8.44. The molecule has 0 bridgehead atoms. The fraction of sp³-hybridized carbons (Fsp3) is 0.400. The van der Waals surface area contributed by atoms with Gasteiger partial charge in [0.1, 0.15) is 0 Å². The van der Waals surface area contributed by atoms with Gasteiger partial charge in [-0.2, -0.15) is 26.3 Å². The monoisotopic (exact) mass is 257 g/mol. The maximum Gasteiger partial charge on any atom is 0.416 e. The van der Waals surface area contributed by atoms with E-state index in [2.05, 4.69) is 0 Å². The molecular weight excluding hydrogens is 248 g/mol. The molecule has 0 aliphatic carbocycles. The lowest BCUT2D eigenvalue weighted by Crippen LogP contribution is -2.30. The second kappa shape index (κ2) is 4.56. The molecule has 0 spiro atoms. The lowest BCUT2D eigenvalue weighted by atomic mass is 9.93.